The van der Waals surface area contributed by atoms with Crippen LogP contribution in [0.2, 0.25) is 10.0 Å². The second-order valence-electron chi connectivity index (χ2n) is 8.97. The minimum absolute atomic E-state index is 0.0687. The summed E-state index contributed by atoms with van der Waals surface area (Å²) in [5.74, 6) is 0.586. The Labute approximate surface area is 219 Å². The largest absolute Gasteiger partial charge is 0.392 e. The van der Waals surface area contributed by atoms with Gasteiger partial charge in [-0.15, -0.1) is 0 Å². The van der Waals surface area contributed by atoms with E-state index in [4.69, 9.17) is 23.2 Å². The Morgan fingerprint density at radius 1 is 1.11 bits per heavy atom. The monoisotopic (exact) mass is 524 g/mol. The third kappa shape index (κ3) is 4.65. The summed E-state index contributed by atoms with van der Waals surface area (Å²) in [4.78, 5) is 27.9. The Balaban J connectivity index is 1.40. The van der Waals surface area contributed by atoms with Gasteiger partial charge in [-0.3, -0.25) is 9.69 Å². The van der Waals surface area contributed by atoms with Crippen molar-refractivity contribution in [2.75, 3.05) is 49.0 Å². The number of carbonyl (C=O) groups excluding carboxylic acids is 1. The van der Waals surface area contributed by atoms with Gasteiger partial charge in [0, 0.05) is 32.0 Å². The van der Waals surface area contributed by atoms with E-state index < -0.39 is 0 Å². The second kappa shape index (κ2) is 10.1. The van der Waals surface area contributed by atoms with Gasteiger partial charge in [-0.2, -0.15) is 4.98 Å². The Morgan fingerprint density at radius 3 is 2.58 bits per heavy atom. The highest BCUT2D eigenvalue weighted by Gasteiger charge is 2.32. The summed E-state index contributed by atoms with van der Waals surface area (Å²) in [5, 5.41) is 14.0. The number of amides is 1. The smallest absolute Gasteiger partial charge is 0.265 e. The van der Waals surface area contributed by atoms with Gasteiger partial charge in [0.15, 0.2) is 0 Å². The van der Waals surface area contributed by atoms with Crippen molar-refractivity contribution in [3.63, 3.8) is 0 Å². The number of nitrogens with one attached hydrogen (secondary N) is 1. The summed E-state index contributed by atoms with van der Waals surface area (Å²) in [6, 6.07) is 11.0. The molecular weight excluding hydrogens is 499 g/mol. The summed E-state index contributed by atoms with van der Waals surface area (Å²) in [7, 11) is 3.94. The van der Waals surface area contributed by atoms with Crippen LogP contribution in [-0.2, 0) is 6.61 Å². The molecule has 0 aliphatic carbocycles. The van der Waals surface area contributed by atoms with Crippen LogP contribution in [0.1, 0.15) is 27.9 Å². The standard InChI is InChI=1S/C26H26Cl2N6O2/c1-32-10-8-16(9-11-32)19-7-6-18(12-17(19)14-35)30-26-29-13-20-24(31-26)33(2)15-34(25(20)36)23-21(27)4-3-5-22(23)28/h3-8,12-13,35H,9-11,14-15H2,1-2H3,(H,29,30,31). The summed E-state index contributed by atoms with van der Waals surface area (Å²) in [6.45, 7) is 2.06. The number of nitrogens with zero attached hydrogens (tertiary/aromatic N) is 5. The molecule has 10 heteroatoms. The predicted molar refractivity (Wildman–Crippen MR) is 144 cm³/mol. The highest BCUT2D eigenvalue weighted by molar-refractivity contribution is 6.40. The highest BCUT2D eigenvalue weighted by Crippen LogP contribution is 2.37. The fraction of sp³-hybridized carbons (Fsp3) is 0.269. The van der Waals surface area contributed by atoms with Crippen LogP contribution in [0.4, 0.5) is 23.1 Å². The number of anilines is 4. The van der Waals surface area contributed by atoms with Crippen molar-refractivity contribution in [1.82, 2.24) is 14.9 Å². The van der Waals surface area contributed by atoms with Gasteiger partial charge in [0.1, 0.15) is 11.4 Å². The molecular formula is C26H26Cl2N6O2. The Morgan fingerprint density at radius 2 is 1.89 bits per heavy atom. The zero-order valence-corrected chi connectivity index (χ0v) is 21.5. The van der Waals surface area contributed by atoms with Crippen molar-refractivity contribution in [3.05, 3.63) is 75.4 Å². The topological polar surface area (TPSA) is 84.8 Å². The van der Waals surface area contributed by atoms with Crippen LogP contribution in [0, 0.1) is 0 Å². The molecule has 2 N–H and O–H groups in total. The molecule has 3 heterocycles. The van der Waals surface area contributed by atoms with Crippen LogP contribution in [0.5, 0.6) is 0 Å². The zero-order valence-electron chi connectivity index (χ0n) is 20.0. The lowest BCUT2D eigenvalue weighted by atomic mass is 9.95. The third-order valence-corrected chi connectivity index (χ3v) is 7.07. The Kier molecular flexibility index (Phi) is 6.85. The fourth-order valence-corrected chi connectivity index (χ4v) is 5.14. The number of carbonyl (C=O) groups is 1. The summed E-state index contributed by atoms with van der Waals surface area (Å²) >= 11 is 12.7. The molecule has 0 radical (unpaired) electrons. The number of likely N-dealkylation sites (N-methyl/N-ethyl adjacent to an activating group) is 1. The van der Waals surface area contributed by atoms with Crippen molar-refractivity contribution in [1.29, 1.82) is 0 Å². The normalized spacial score (nSPS) is 16.1. The quantitative estimate of drug-likeness (QED) is 0.496. The van der Waals surface area contributed by atoms with E-state index in [0.717, 1.165) is 36.3 Å². The van der Waals surface area contributed by atoms with Gasteiger partial charge < -0.3 is 20.2 Å². The Hall–Kier alpha value is -3.17. The fourth-order valence-electron chi connectivity index (χ4n) is 4.54. The first-order chi connectivity index (χ1) is 17.4. The average Bonchev–Trinajstić information content (AvgIpc) is 2.87. The van der Waals surface area contributed by atoms with Gasteiger partial charge in [0.2, 0.25) is 5.95 Å². The van der Waals surface area contributed by atoms with Crippen LogP contribution in [0.25, 0.3) is 5.57 Å². The maximum Gasteiger partial charge on any atom is 0.265 e. The first-order valence-electron chi connectivity index (χ1n) is 11.6. The summed E-state index contributed by atoms with van der Waals surface area (Å²) in [5.41, 5.74) is 4.72. The number of para-hydroxylation sites is 1. The number of aliphatic hydroxyl groups is 1. The average molecular weight is 525 g/mol. The molecule has 0 unspecified atom stereocenters. The van der Waals surface area contributed by atoms with Crippen molar-refractivity contribution in [2.24, 2.45) is 0 Å². The van der Waals surface area contributed by atoms with Crippen molar-refractivity contribution < 1.29 is 9.90 Å². The number of halogens is 2. The van der Waals surface area contributed by atoms with E-state index in [1.807, 2.05) is 30.1 Å². The maximum absolute atomic E-state index is 13.3. The van der Waals surface area contributed by atoms with E-state index in [1.165, 1.54) is 16.7 Å². The lowest BCUT2D eigenvalue weighted by Crippen LogP contribution is -2.46. The molecule has 3 aromatic rings. The van der Waals surface area contributed by atoms with Crippen LogP contribution in [0.15, 0.2) is 48.7 Å². The first-order valence-corrected chi connectivity index (χ1v) is 12.3. The van der Waals surface area contributed by atoms with E-state index in [0.29, 0.717) is 33.1 Å². The molecule has 8 nitrogen and oxygen atoms in total. The minimum atomic E-state index is -0.275. The number of fused-ring (bicyclic) bond motifs is 1. The van der Waals surface area contributed by atoms with Gasteiger partial charge in [-0.25, -0.2) is 4.98 Å². The lowest BCUT2D eigenvalue weighted by molar-refractivity contribution is 0.0982. The number of hydrogen-bond acceptors (Lipinski definition) is 7. The molecule has 5 rings (SSSR count). The van der Waals surface area contributed by atoms with E-state index in [9.17, 15) is 9.90 Å². The minimum Gasteiger partial charge on any atom is -0.392 e. The maximum atomic E-state index is 13.3. The molecule has 2 aliphatic rings. The molecule has 2 aromatic carbocycles. The second-order valence-corrected chi connectivity index (χ2v) is 9.78. The number of benzene rings is 2. The van der Waals surface area contributed by atoms with Crippen LogP contribution < -0.4 is 15.1 Å². The van der Waals surface area contributed by atoms with Gasteiger partial charge >= 0.3 is 0 Å². The molecule has 0 fully saturated rings. The number of hydrogen-bond donors (Lipinski definition) is 2. The molecule has 0 spiro atoms. The van der Waals surface area contributed by atoms with E-state index in [2.05, 4.69) is 33.3 Å². The molecule has 0 atom stereocenters. The molecule has 0 saturated carbocycles. The lowest BCUT2D eigenvalue weighted by Gasteiger charge is -2.35. The van der Waals surface area contributed by atoms with Crippen LogP contribution in [0.3, 0.4) is 0 Å². The van der Waals surface area contributed by atoms with Crippen molar-refractivity contribution in [3.8, 4) is 0 Å². The van der Waals surface area contributed by atoms with Gasteiger partial charge in [-0.05, 0) is 54.4 Å². The number of aromatic nitrogens is 2. The van der Waals surface area contributed by atoms with Crippen LogP contribution >= 0.6 is 23.2 Å². The SMILES string of the molecule is CN1CC=C(c2ccc(Nc3ncc4c(n3)N(C)CN(c3c(Cl)cccc3Cl)C4=O)cc2CO)CC1. The van der Waals surface area contributed by atoms with Crippen LogP contribution in [-0.4, -0.2) is 59.7 Å². The molecule has 36 heavy (non-hydrogen) atoms. The zero-order chi connectivity index (χ0) is 25.4. The van der Waals surface area contributed by atoms with Gasteiger partial charge in [-0.1, -0.05) is 41.4 Å². The third-order valence-electron chi connectivity index (χ3n) is 6.46. The highest BCUT2D eigenvalue weighted by atomic mass is 35.5. The molecule has 186 valence electrons. The molecule has 0 bridgehead atoms. The first kappa shape index (κ1) is 24.5. The summed E-state index contributed by atoms with van der Waals surface area (Å²) < 4.78 is 0. The van der Waals surface area contributed by atoms with Gasteiger partial charge in [0.25, 0.3) is 5.91 Å². The van der Waals surface area contributed by atoms with Crippen molar-refractivity contribution >= 4 is 57.8 Å². The van der Waals surface area contributed by atoms with Crippen molar-refractivity contribution in [2.45, 2.75) is 13.0 Å². The van der Waals surface area contributed by atoms with E-state index >= 15 is 0 Å². The van der Waals surface area contributed by atoms with Gasteiger partial charge in [0.05, 0.1) is 29.0 Å². The van der Waals surface area contributed by atoms with E-state index in [1.54, 1.807) is 18.2 Å². The number of rotatable bonds is 5. The molecule has 1 aromatic heterocycles. The number of aliphatic hydroxyl groups excluding tert-OH is 1. The molecule has 1 amide bonds. The Bertz CT molecular complexity index is 1340. The summed E-state index contributed by atoms with van der Waals surface area (Å²) in [6.07, 6.45) is 4.66. The predicted octanol–water partition coefficient (Wildman–Crippen LogP) is 4.79. The van der Waals surface area contributed by atoms with E-state index in [-0.39, 0.29) is 19.2 Å². The molecule has 0 saturated heterocycles. The molecule has 2 aliphatic heterocycles.